The third kappa shape index (κ3) is 3.57. The molecule has 3 rings (SSSR count). The number of rotatable bonds is 4. The van der Waals surface area contributed by atoms with E-state index in [0.29, 0.717) is 11.6 Å². The number of benzene rings is 2. The molecule has 2 aromatic carbocycles. The Morgan fingerprint density at radius 2 is 1.91 bits per heavy atom. The van der Waals surface area contributed by atoms with Gasteiger partial charge in [-0.05, 0) is 42.5 Å². The molecule has 0 aliphatic heterocycles. The van der Waals surface area contributed by atoms with Crippen molar-refractivity contribution in [3.05, 3.63) is 64.9 Å². The second-order valence-electron chi connectivity index (χ2n) is 5.45. The van der Waals surface area contributed by atoms with Gasteiger partial charge in [-0.1, -0.05) is 41.9 Å². The second-order valence-corrected chi connectivity index (χ2v) is 5.86. The largest absolute Gasteiger partial charge is 0.331 e. The summed E-state index contributed by atoms with van der Waals surface area (Å²) in [6.45, 7) is 0. The van der Waals surface area contributed by atoms with Crippen molar-refractivity contribution in [1.82, 2.24) is 5.32 Å². The van der Waals surface area contributed by atoms with Crippen LogP contribution in [0.2, 0.25) is 5.02 Å². The summed E-state index contributed by atoms with van der Waals surface area (Å²) in [6, 6.07) is 13.7. The monoisotopic (exact) mass is 318 g/mol. The van der Waals surface area contributed by atoms with E-state index in [9.17, 15) is 9.18 Å². The summed E-state index contributed by atoms with van der Waals surface area (Å²) in [5.41, 5.74) is 1.56. The van der Waals surface area contributed by atoms with Gasteiger partial charge in [0.05, 0.1) is 11.1 Å². The first-order valence-electron chi connectivity index (χ1n) is 7.21. The number of carbonyl (C=O) groups is 1. The highest BCUT2D eigenvalue weighted by Gasteiger charge is 2.33. The van der Waals surface area contributed by atoms with Gasteiger partial charge in [0.2, 0.25) is 0 Å². The Kier molecular flexibility index (Phi) is 4.29. The second kappa shape index (κ2) is 6.36. The van der Waals surface area contributed by atoms with E-state index in [0.717, 1.165) is 18.4 Å². The van der Waals surface area contributed by atoms with Gasteiger partial charge in [0.25, 0.3) is 0 Å². The fourth-order valence-electron chi connectivity index (χ4n) is 2.45. The predicted octanol–water partition coefficient (Wildman–Crippen LogP) is 4.75. The number of hydrogen-bond donors (Lipinski definition) is 2. The first-order chi connectivity index (χ1) is 10.6. The SMILES string of the molecule is O=C(Nc1ccc(F)c(Cl)c1)NC(c1ccccc1)C1CC1. The van der Waals surface area contributed by atoms with Crippen LogP contribution in [0.3, 0.4) is 0 Å². The molecule has 1 unspecified atom stereocenters. The van der Waals surface area contributed by atoms with Crippen LogP contribution >= 0.6 is 11.6 Å². The van der Waals surface area contributed by atoms with Crippen LogP contribution in [-0.2, 0) is 0 Å². The molecule has 0 aromatic heterocycles. The zero-order chi connectivity index (χ0) is 15.5. The normalized spacial score (nSPS) is 15.2. The smallest absolute Gasteiger partial charge is 0.319 e. The van der Waals surface area contributed by atoms with E-state index in [4.69, 9.17) is 11.6 Å². The molecule has 22 heavy (non-hydrogen) atoms. The fourth-order valence-corrected chi connectivity index (χ4v) is 2.63. The molecule has 0 radical (unpaired) electrons. The molecule has 0 bridgehead atoms. The number of anilines is 1. The van der Waals surface area contributed by atoms with Crippen LogP contribution in [0.4, 0.5) is 14.9 Å². The quantitative estimate of drug-likeness (QED) is 0.839. The minimum atomic E-state index is -0.507. The molecule has 2 aromatic rings. The molecule has 114 valence electrons. The Balaban J connectivity index is 1.68. The Bertz CT molecular complexity index is 674. The summed E-state index contributed by atoms with van der Waals surface area (Å²) in [7, 11) is 0. The van der Waals surface area contributed by atoms with Gasteiger partial charge in [0.15, 0.2) is 0 Å². The van der Waals surface area contributed by atoms with Crippen LogP contribution in [0.25, 0.3) is 0 Å². The van der Waals surface area contributed by atoms with Crippen molar-refractivity contribution in [2.24, 2.45) is 5.92 Å². The molecule has 2 N–H and O–H groups in total. The molecule has 0 heterocycles. The number of nitrogens with one attached hydrogen (secondary N) is 2. The Labute approximate surface area is 133 Å². The summed E-state index contributed by atoms with van der Waals surface area (Å²) in [5.74, 6) is -0.0299. The van der Waals surface area contributed by atoms with E-state index in [2.05, 4.69) is 10.6 Å². The van der Waals surface area contributed by atoms with Crippen molar-refractivity contribution in [1.29, 1.82) is 0 Å². The lowest BCUT2D eigenvalue weighted by molar-refractivity contribution is 0.247. The molecule has 1 atom stereocenters. The van der Waals surface area contributed by atoms with Crippen molar-refractivity contribution in [3.8, 4) is 0 Å². The van der Waals surface area contributed by atoms with E-state index in [-0.39, 0.29) is 17.1 Å². The lowest BCUT2D eigenvalue weighted by atomic mass is 10.0. The van der Waals surface area contributed by atoms with Crippen LogP contribution in [0.15, 0.2) is 48.5 Å². The molecule has 1 aliphatic carbocycles. The number of urea groups is 1. The van der Waals surface area contributed by atoms with E-state index < -0.39 is 5.82 Å². The third-order valence-corrected chi connectivity index (χ3v) is 4.01. The highest BCUT2D eigenvalue weighted by atomic mass is 35.5. The number of halogens is 2. The van der Waals surface area contributed by atoms with E-state index in [1.807, 2.05) is 30.3 Å². The number of amides is 2. The maximum absolute atomic E-state index is 13.1. The number of carbonyl (C=O) groups excluding carboxylic acids is 1. The minimum absolute atomic E-state index is 0.00267. The molecule has 3 nitrogen and oxygen atoms in total. The van der Waals surface area contributed by atoms with E-state index in [1.54, 1.807) is 0 Å². The van der Waals surface area contributed by atoms with Gasteiger partial charge >= 0.3 is 6.03 Å². The van der Waals surface area contributed by atoms with Crippen LogP contribution in [0.5, 0.6) is 0 Å². The highest BCUT2D eigenvalue weighted by molar-refractivity contribution is 6.31. The van der Waals surface area contributed by atoms with Gasteiger partial charge in [-0.2, -0.15) is 0 Å². The van der Waals surface area contributed by atoms with Crippen LogP contribution in [-0.4, -0.2) is 6.03 Å². The Morgan fingerprint density at radius 1 is 1.18 bits per heavy atom. The first kappa shape index (κ1) is 14.9. The standard InChI is InChI=1S/C17H16ClFN2O/c18-14-10-13(8-9-15(14)19)20-17(22)21-16(12-6-7-12)11-4-2-1-3-5-11/h1-5,8-10,12,16H,6-7H2,(H2,20,21,22). The van der Waals surface area contributed by atoms with Crippen LogP contribution in [0.1, 0.15) is 24.4 Å². The molecule has 1 aliphatic rings. The molecule has 5 heteroatoms. The fraction of sp³-hybridized carbons (Fsp3) is 0.235. The summed E-state index contributed by atoms with van der Waals surface area (Å²) < 4.78 is 13.1. The topological polar surface area (TPSA) is 41.1 Å². The summed E-state index contributed by atoms with van der Waals surface area (Å²) in [5, 5.41) is 5.67. The highest BCUT2D eigenvalue weighted by Crippen LogP contribution is 2.40. The molecular formula is C17H16ClFN2O. The molecule has 1 saturated carbocycles. The van der Waals surface area contributed by atoms with Crippen molar-refractivity contribution < 1.29 is 9.18 Å². The van der Waals surface area contributed by atoms with Crippen LogP contribution < -0.4 is 10.6 Å². The lowest BCUT2D eigenvalue weighted by Crippen LogP contribution is -2.33. The molecular weight excluding hydrogens is 303 g/mol. The van der Waals surface area contributed by atoms with E-state index >= 15 is 0 Å². The Morgan fingerprint density at radius 3 is 2.55 bits per heavy atom. The molecule has 0 spiro atoms. The van der Waals surface area contributed by atoms with Crippen LogP contribution in [0, 0.1) is 11.7 Å². The minimum Gasteiger partial charge on any atom is -0.331 e. The summed E-state index contributed by atoms with van der Waals surface area (Å²) in [4.78, 5) is 12.2. The van der Waals surface area contributed by atoms with Crippen molar-refractivity contribution >= 4 is 23.3 Å². The average Bonchev–Trinajstić information content (AvgIpc) is 3.34. The number of hydrogen-bond acceptors (Lipinski definition) is 1. The summed E-state index contributed by atoms with van der Waals surface area (Å²) in [6.07, 6.45) is 2.23. The van der Waals surface area contributed by atoms with E-state index in [1.165, 1.54) is 18.2 Å². The zero-order valence-electron chi connectivity index (χ0n) is 11.9. The molecule has 2 amide bonds. The maximum Gasteiger partial charge on any atom is 0.319 e. The van der Waals surface area contributed by atoms with Gasteiger partial charge in [-0.15, -0.1) is 0 Å². The lowest BCUT2D eigenvalue weighted by Gasteiger charge is -2.19. The molecule has 0 saturated heterocycles. The first-order valence-corrected chi connectivity index (χ1v) is 7.59. The average molecular weight is 319 g/mol. The van der Waals surface area contributed by atoms with Crippen molar-refractivity contribution in [2.75, 3.05) is 5.32 Å². The molecule has 1 fully saturated rings. The zero-order valence-corrected chi connectivity index (χ0v) is 12.6. The van der Waals surface area contributed by atoms with Gasteiger partial charge < -0.3 is 10.6 Å². The Hall–Kier alpha value is -2.07. The van der Waals surface area contributed by atoms with Gasteiger partial charge in [0, 0.05) is 5.69 Å². The van der Waals surface area contributed by atoms with Crippen molar-refractivity contribution in [3.63, 3.8) is 0 Å². The predicted molar refractivity (Wildman–Crippen MR) is 85.5 cm³/mol. The van der Waals surface area contributed by atoms with Gasteiger partial charge in [-0.25, -0.2) is 9.18 Å². The summed E-state index contributed by atoms with van der Waals surface area (Å²) >= 11 is 5.71. The third-order valence-electron chi connectivity index (χ3n) is 3.72. The van der Waals surface area contributed by atoms with Gasteiger partial charge in [0.1, 0.15) is 5.82 Å². The van der Waals surface area contributed by atoms with Crippen molar-refractivity contribution in [2.45, 2.75) is 18.9 Å². The maximum atomic E-state index is 13.1. The van der Waals surface area contributed by atoms with Gasteiger partial charge in [-0.3, -0.25) is 0 Å².